The second kappa shape index (κ2) is 5.19. The lowest BCUT2D eigenvalue weighted by molar-refractivity contribution is -0.123. The molecule has 1 aromatic heterocycles. The number of hydrogen-bond donors (Lipinski definition) is 2. The average Bonchev–Trinajstić information content (AvgIpc) is 2.45. The SMILES string of the molecule is Cc1ccc2ccc3nc(NC(=O)C(C)(C)C)[nH]c(=O)c3c2c1. The van der Waals surface area contributed by atoms with Gasteiger partial charge in [0, 0.05) is 5.41 Å². The van der Waals surface area contributed by atoms with Gasteiger partial charge in [-0.2, -0.15) is 0 Å². The zero-order valence-corrected chi connectivity index (χ0v) is 13.7. The number of aromatic nitrogens is 2. The Bertz CT molecular complexity index is 981. The van der Waals surface area contributed by atoms with Crippen molar-refractivity contribution in [1.29, 1.82) is 0 Å². The van der Waals surface area contributed by atoms with Gasteiger partial charge in [-0.1, -0.05) is 50.6 Å². The van der Waals surface area contributed by atoms with Crippen LogP contribution in [0.1, 0.15) is 26.3 Å². The Morgan fingerprint density at radius 2 is 1.87 bits per heavy atom. The highest BCUT2D eigenvalue weighted by atomic mass is 16.2. The lowest BCUT2D eigenvalue weighted by atomic mass is 9.96. The molecule has 0 aliphatic rings. The van der Waals surface area contributed by atoms with Crippen LogP contribution in [-0.4, -0.2) is 15.9 Å². The number of nitrogens with zero attached hydrogens (tertiary/aromatic N) is 1. The fourth-order valence-corrected chi connectivity index (χ4v) is 2.43. The highest BCUT2D eigenvalue weighted by Crippen LogP contribution is 2.23. The quantitative estimate of drug-likeness (QED) is 0.677. The number of anilines is 1. The van der Waals surface area contributed by atoms with Gasteiger partial charge in [-0.05, 0) is 23.8 Å². The van der Waals surface area contributed by atoms with Gasteiger partial charge >= 0.3 is 0 Å². The standard InChI is InChI=1S/C18H19N3O2/c1-10-5-6-11-7-8-13-14(12(11)9-10)15(22)20-17(19-13)21-16(23)18(2,3)4/h5-9H,1-4H3,(H2,19,20,21,22,23). The summed E-state index contributed by atoms with van der Waals surface area (Å²) in [6.45, 7) is 7.39. The van der Waals surface area contributed by atoms with Crippen molar-refractivity contribution in [2.45, 2.75) is 27.7 Å². The molecule has 0 saturated heterocycles. The third-order valence-corrected chi connectivity index (χ3v) is 3.76. The molecule has 1 heterocycles. The molecule has 0 atom stereocenters. The van der Waals surface area contributed by atoms with E-state index in [2.05, 4.69) is 15.3 Å². The number of H-pyrrole nitrogens is 1. The van der Waals surface area contributed by atoms with Crippen LogP contribution >= 0.6 is 0 Å². The summed E-state index contributed by atoms with van der Waals surface area (Å²) in [5.41, 5.74) is 0.828. The Hall–Kier alpha value is -2.69. The van der Waals surface area contributed by atoms with E-state index in [-0.39, 0.29) is 17.4 Å². The fraction of sp³-hybridized carbons (Fsp3) is 0.278. The number of rotatable bonds is 1. The molecule has 0 saturated carbocycles. The summed E-state index contributed by atoms with van der Waals surface area (Å²) in [7, 11) is 0. The summed E-state index contributed by atoms with van der Waals surface area (Å²) in [5, 5.41) is 5.06. The molecule has 0 spiro atoms. The first-order valence-electron chi connectivity index (χ1n) is 7.50. The van der Waals surface area contributed by atoms with Crippen molar-refractivity contribution >= 4 is 33.5 Å². The molecule has 5 heteroatoms. The van der Waals surface area contributed by atoms with Gasteiger partial charge in [0.25, 0.3) is 5.56 Å². The lowest BCUT2D eigenvalue weighted by Gasteiger charge is -2.17. The highest BCUT2D eigenvalue weighted by molar-refractivity contribution is 6.06. The molecule has 0 bridgehead atoms. The van der Waals surface area contributed by atoms with Gasteiger partial charge in [-0.25, -0.2) is 4.98 Å². The van der Waals surface area contributed by atoms with Crippen LogP contribution in [0, 0.1) is 12.3 Å². The summed E-state index contributed by atoms with van der Waals surface area (Å²) >= 11 is 0. The van der Waals surface area contributed by atoms with Gasteiger partial charge in [0.05, 0.1) is 10.9 Å². The molecule has 3 rings (SSSR count). The minimum atomic E-state index is -0.561. The summed E-state index contributed by atoms with van der Waals surface area (Å²) in [6.07, 6.45) is 0. The van der Waals surface area contributed by atoms with Gasteiger partial charge in [-0.3, -0.25) is 19.9 Å². The van der Waals surface area contributed by atoms with Crippen molar-refractivity contribution in [2.24, 2.45) is 5.41 Å². The second-order valence-electron chi connectivity index (χ2n) is 6.80. The molecule has 23 heavy (non-hydrogen) atoms. The van der Waals surface area contributed by atoms with Crippen molar-refractivity contribution < 1.29 is 4.79 Å². The average molecular weight is 309 g/mol. The Labute approximate surface area is 133 Å². The molecule has 5 nitrogen and oxygen atoms in total. The summed E-state index contributed by atoms with van der Waals surface area (Å²) < 4.78 is 0. The van der Waals surface area contributed by atoms with E-state index in [9.17, 15) is 9.59 Å². The van der Waals surface area contributed by atoms with Crippen LogP contribution < -0.4 is 10.9 Å². The number of carbonyl (C=O) groups excluding carboxylic acids is 1. The number of amides is 1. The highest BCUT2D eigenvalue weighted by Gasteiger charge is 2.22. The van der Waals surface area contributed by atoms with E-state index in [1.165, 1.54) is 0 Å². The summed E-state index contributed by atoms with van der Waals surface area (Å²) in [5.74, 6) is -0.0222. The minimum Gasteiger partial charge on any atom is -0.296 e. The van der Waals surface area contributed by atoms with E-state index >= 15 is 0 Å². The van der Waals surface area contributed by atoms with E-state index < -0.39 is 5.41 Å². The van der Waals surface area contributed by atoms with Crippen LogP contribution in [0.15, 0.2) is 35.1 Å². The Morgan fingerprint density at radius 1 is 1.17 bits per heavy atom. The molecule has 118 valence electrons. The number of aryl methyl sites for hydroxylation is 1. The molecule has 3 aromatic rings. The summed E-state index contributed by atoms with van der Waals surface area (Å²) in [6, 6.07) is 9.70. The maximum Gasteiger partial charge on any atom is 0.260 e. The van der Waals surface area contributed by atoms with Crippen molar-refractivity contribution in [3.05, 3.63) is 46.2 Å². The molecule has 0 fully saturated rings. The first-order chi connectivity index (χ1) is 10.8. The maximum absolute atomic E-state index is 12.5. The van der Waals surface area contributed by atoms with E-state index in [0.29, 0.717) is 10.9 Å². The van der Waals surface area contributed by atoms with Gasteiger partial charge in [0.1, 0.15) is 0 Å². The van der Waals surface area contributed by atoms with Crippen molar-refractivity contribution in [1.82, 2.24) is 9.97 Å². The lowest BCUT2D eigenvalue weighted by Crippen LogP contribution is -2.29. The monoisotopic (exact) mass is 309 g/mol. The normalized spacial score (nSPS) is 11.8. The van der Waals surface area contributed by atoms with Crippen LogP contribution in [0.3, 0.4) is 0 Å². The number of benzene rings is 2. The van der Waals surface area contributed by atoms with Crippen molar-refractivity contribution in [2.75, 3.05) is 5.32 Å². The number of fused-ring (bicyclic) bond motifs is 3. The Morgan fingerprint density at radius 3 is 2.57 bits per heavy atom. The van der Waals surface area contributed by atoms with Crippen molar-refractivity contribution in [3.63, 3.8) is 0 Å². The predicted molar refractivity (Wildman–Crippen MR) is 92.7 cm³/mol. The molecule has 0 unspecified atom stereocenters. The zero-order valence-electron chi connectivity index (χ0n) is 13.7. The Kier molecular flexibility index (Phi) is 3.43. The van der Waals surface area contributed by atoms with E-state index in [0.717, 1.165) is 16.3 Å². The smallest absolute Gasteiger partial charge is 0.260 e. The van der Waals surface area contributed by atoms with E-state index in [4.69, 9.17) is 0 Å². The maximum atomic E-state index is 12.5. The molecular weight excluding hydrogens is 290 g/mol. The largest absolute Gasteiger partial charge is 0.296 e. The molecule has 0 radical (unpaired) electrons. The topological polar surface area (TPSA) is 74.8 Å². The van der Waals surface area contributed by atoms with Crippen LogP contribution in [0.25, 0.3) is 21.7 Å². The molecule has 1 amide bonds. The molecule has 0 aliphatic carbocycles. The van der Waals surface area contributed by atoms with E-state index in [1.807, 2.05) is 31.2 Å². The van der Waals surface area contributed by atoms with Gasteiger partial charge in [0.2, 0.25) is 11.9 Å². The van der Waals surface area contributed by atoms with Gasteiger partial charge in [-0.15, -0.1) is 0 Å². The molecule has 0 aliphatic heterocycles. The summed E-state index contributed by atoms with van der Waals surface area (Å²) in [4.78, 5) is 31.6. The third kappa shape index (κ3) is 2.82. The van der Waals surface area contributed by atoms with Crippen molar-refractivity contribution in [3.8, 4) is 0 Å². The molecule has 2 N–H and O–H groups in total. The first-order valence-corrected chi connectivity index (χ1v) is 7.50. The first kappa shape index (κ1) is 15.2. The van der Waals surface area contributed by atoms with E-state index in [1.54, 1.807) is 26.8 Å². The van der Waals surface area contributed by atoms with Gasteiger partial charge < -0.3 is 0 Å². The number of carbonyl (C=O) groups is 1. The molecule has 2 aromatic carbocycles. The Balaban J connectivity index is 2.18. The van der Waals surface area contributed by atoms with Crippen LogP contribution in [0.5, 0.6) is 0 Å². The predicted octanol–water partition coefficient (Wildman–Crippen LogP) is 3.37. The zero-order chi connectivity index (χ0) is 16.8. The minimum absolute atomic E-state index is 0.175. The van der Waals surface area contributed by atoms with Gasteiger partial charge in [0.15, 0.2) is 0 Å². The number of hydrogen-bond acceptors (Lipinski definition) is 3. The van der Waals surface area contributed by atoms with Crippen LogP contribution in [0.4, 0.5) is 5.95 Å². The number of aromatic amines is 1. The third-order valence-electron chi connectivity index (χ3n) is 3.76. The molecular formula is C18H19N3O2. The van der Waals surface area contributed by atoms with Crippen LogP contribution in [0.2, 0.25) is 0 Å². The van der Waals surface area contributed by atoms with Crippen LogP contribution in [-0.2, 0) is 4.79 Å². The second-order valence-corrected chi connectivity index (χ2v) is 6.80. The fourth-order valence-electron chi connectivity index (χ4n) is 2.43. The number of nitrogens with one attached hydrogen (secondary N) is 2.